The summed E-state index contributed by atoms with van der Waals surface area (Å²) in [4.78, 5) is 30.4. The summed E-state index contributed by atoms with van der Waals surface area (Å²) >= 11 is 1.66. The van der Waals surface area contributed by atoms with E-state index in [0.717, 1.165) is 24.2 Å². The minimum absolute atomic E-state index is 0.0239. The second-order valence-electron chi connectivity index (χ2n) is 7.57. The highest BCUT2D eigenvalue weighted by Crippen LogP contribution is 2.33. The Morgan fingerprint density at radius 2 is 1.90 bits per heavy atom. The average Bonchev–Trinajstić information content (AvgIpc) is 3.32. The van der Waals surface area contributed by atoms with Crippen LogP contribution in [-0.2, 0) is 22.7 Å². The van der Waals surface area contributed by atoms with Crippen molar-refractivity contribution in [3.8, 4) is 11.5 Å². The summed E-state index contributed by atoms with van der Waals surface area (Å²) < 4.78 is 10.9. The fourth-order valence-corrected chi connectivity index (χ4v) is 4.41. The van der Waals surface area contributed by atoms with Gasteiger partial charge in [0.15, 0.2) is 11.5 Å². The molecule has 0 spiro atoms. The SMILES string of the molecule is CCC(=O)N(CC(=O)N(Cc1ccc2c(c1)OCO2)Cc1sccc1C)C1CC1. The molecule has 154 valence electrons. The fourth-order valence-electron chi connectivity index (χ4n) is 3.49. The molecule has 1 fully saturated rings. The molecule has 0 atom stereocenters. The van der Waals surface area contributed by atoms with E-state index < -0.39 is 0 Å². The van der Waals surface area contributed by atoms with Crippen molar-refractivity contribution in [1.82, 2.24) is 9.80 Å². The Hall–Kier alpha value is -2.54. The monoisotopic (exact) mass is 414 g/mol. The van der Waals surface area contributed by atoms with Crippen molar-refractivity contribution in [2.75, 3.05) is 13.3 Å². The van der Waals surface area contributed by atoms with Gasteiger partial charge < -0.3 is 19.3 Å². The lowest BCUT2D eigenvalue weighted by molar-refractivity contribution is -0.141. The zero-order valence-corrected chi connectivity index (χ0v) is 17.7. The number of benzene rings is 1. The van der Waals surface area contributed by atoms with Gasteiger partial charge in [0, 0.05) is 23.9 Å². The first kappa shape index (κ1) is 19.8. The van der Waals surface area contributed by atoms with Gasteiger partial charge in [0.05, 0.1) is 6.54 Å². The third kappa shape index (κ3) is 4.56. The third-order valence-corrected chi connectivity index (χ3v) is 6.39. The van der Waals surface area contributed by atoms with Crippen LogP contribution in [-0.4, -0.2) is 41.0 Å². The highest BCUT2D eigenvalue weighted by atomic mass is 32.1. The van der Waals surface area contributed by atoms with Crippen molar-refractivity contribution in [3.05, 3.63) is 45.6 Å². The lowest BCUT2D eigenvalue weighted by atomic mass is 10.1. The molecule has 0 saturated heterocycles. The predicted molar refractivity (Wildman–Crippen MR) is 111 cm³/mol. The molecule has 1 aromatic carbocycles. The number of hydrogen-bond acceptors (Lipinski definition) is 5. The van der Waals surface area contributed by atoms with Crippen LogP contribution in [0.25, 0.3) is 0 Å². The Kier molecular flexibility index (Phi) is 5.76. The van der Waals surface area contributed by atoms with E-state index in [1.807, 2.05) is 35.4 Å². The zero-order chi connectivity index (χ0) is 20.4. The number of hydrogen-bond donors (Lipinski definition) is 0. The largest absolute Gasteiger partial charge is 0.454 e. The van der Waals surface area contributed by atoms with Crippen LogP contribution in [0, 0.1) is 6.92 Å². The Morgan fingerprint density at radius 3 is 2.59 bits per heavy atom. The maximum atomic E-state index is 13.3. The van der Waals surface area contributed by atoms with Crippen molar-refractivity contribution >= 4 is 23.2 Å². The summed E-state index contributed by atoms with van der Waals surface area (Å²) in [6.07, 6.45) is 2.41. The van der Waals surface area contributed by atoms with Crippen molar-refractivity contribution in [3.63, 3.8) is 0 Å². The predicted octanol–water partition coefficient (Wildman–Crippen LogP) is 3.72. The van der Waals surface area contributed by atoms with E-state index in [2.05, 4.69) is 13.0 Å². The van der Waals surface area contributed by atoms with Gasteiger partial charge in [0.1, 0.15) is 6.54 Å². The van der Waals surface area contributed by atoms with Gasteiger partial charge >= 0.3 is 0 Å². The number of nitrogens with zero attached hydrogens (tertiary/aromatic N) is 2. The Bertz CT molecular complexity index is 906. The van der Waals surface area contributed by atoms with Crippen molar-refractivity contribution in [2.45, 2.75) is 52.2 Å². The molecule has 1 aromatic heterocycles. The smallest absolute Gasteiger partial charge is 0.242 e. The molecule has 2 heterocycles. The van der Waals surface area contributed by atoms with Crippen LogP contribution in [0.4, 0.5) is 0 Å². The number of amides is 2. The molecule has 29 heavy (non-hydrogen) atoms. The molecule has 0 N–H and O–H groups in total. The molecule has 0 radical (unpaired) electrons. The highest BCUT2D eigenvalue weighted by molar-refractivity contribution is 7.10. The first-order valence-electron chi connectivity index (χ1n) is 10.0. The van der Waals surface area contributed by atoms with Gasteiger partial charge in [-0.15, -0.1) is 11.3 Å². The van der Waals surface area contributed by atoms with Crippen LogP contribution in [0.2, 0.25) is 0 Å². The summed E-state index contributed by atoms with van der Waals surface area (Å²) in [5, 5.41) is 2.05. The molecule has 0 unspecified atom stereocenters. The van der Waals surface area contributed by atoms with E-state index in [1.54, 1.807) is 16.2 Å². The number of rotatable bonds is 8. The maximum Gasteiger partial charge on any atom is 0.242 e. The second kappa shape index (κ2) is 8.45. The van der Waals surface area contributed by atoms with Crippen LogP contribution >= 0.6 is 11.3 Å². The van der Waals surface area contributed by atoms with Gasteiger partial charge in [-0.25, -0.2) is 0 Å². The molecule has 1 aliphatic carbocycles. The van der Waals surface area contributed by atoms with E-state index in [9.17, 15) is 9.59 Å². The number of aryl methyl sites for hydroxylation is 1. The summed E-state index contributed by atoms with van der Waals surface area (Å²) in [5.74, 6) is 1.47. The van der Waals surface area contributed by atoms with Crippen LogP contribution in [0.3, 0.4) is 0 Å². The number of fused-ring (bicyclic) bond motifs is 1. The van der Waals surface area contributed by atoms with E-state index in [4.69, 9.17) is 9.47 Å². The highest BCUT2D eigenvalue weighted by Gasteiger charge is 2.34. The minimum Gasteiger partial charge on any atom is -0.454 e. The molecule has 4 rings (SSSR count). The summed E-state index contributed by atoms with van der Waals surface area (Å²) in [6.45, 7) is 5.28. The fraction of sp³-hybridized carbons (Fsp3) is 0.455. The third-order valence-electron chi connectivity index (χ3n) is 5.38. The summed E-state index contributed by atoms with van der Waals surface area (Å²) in [6, 6.07) is 8.07. The van der Waals surface area contributed by atoms with Crippen LogP contribution in [0.15, 0.2) is 29.6 Å². The molecule has 1 saturated carbocycles. The molecule has 6 nitrogen and oxygen atoms in total. The lowest BCUT2D eigenvalue weighted by Crippen LogP contribution is -2.43. The summed E-state index contributed by atoms with van der Waals surface area (Å²) in [5.41, 5.74) is 2.17. The van der Waals surface area contributed by atoms with Gasteiger partial charge in [-0.2, -0.15) is 0 Å². The van der Waals surface area contributed by atoms with E-state index >= 15 is 0 Å². The average molecular weight is 415 g/mol. The topological polar surface area (TPSA) is 59.1 Å². The molecule has 0 bridgehead atoms. The molecule has 1 aliphatic heterocycles. The van der Waals surface area contributed by atoms with Crippen LogP contribution in [0.5, 0.6) is 11.5 Å². The lowest BCUT2D eigenvalue weighted by Gasteiger charge is -2.28. The number of carbonyl (C=O) groups is 2. The number of ether oxygens (including phenoxy) is 2. The zero-order valence-electron chi connectivity index (χ0n) is 16.8. The van der Waals surface area contributed by atoms with Gasteiger partial charge in [0.25, 0.3) is 0 Å². The first-order chi connectivity index (χ1) is 14.0. The number of carbonyl (C=O) groups excluding carboxylic acids is 2. The molecular weight excluding hydrogens is 388 g/mol. The first-order valence-corrected chi connectivity index (χ1v) is 10.9. The molecule has 7 heteroatoms. The molecule has 2 aromatic rings. The van der Waals surface area contributed by atoms with E-state index in [-0.39, 0.29) is 31.2 Å². The van der Waals surface area contributed by atoms with E-state index in [1.165, 1.54) is 10.4 Å². The van der Waals surface area contributed by atoms with E-state index in [0.29, 0.717) is 25.3 Å². The van der Waals surface area contributed by atoms with Crippen molar-refractivity contribution in [2.24, 2.45) is 0 Å². The van der Waals surface area contributed by atoms with Gasteiger partial charge in [-0.05, 0) is 54.5 Å². The minimum atomic E-state index is -0.0239. The van der Waals surface area contributed by atoms with Crippen LogP contribution in [0.1, 0.15) is 42.2 Å². The Balaban J connectivity index is 1.53. The summed E-state index contributed by atoms with van der Waals surface area (Å²) in [7, 11) is 0. The van der Waals surface area contributed by atoms with Crippen molar-refractivity contribution in [1.29, 1.82) is 0 Å². The quantitative estimate of drug-likeness (QED) is 0.661. The Labute approximate surface area is 175 Å². The maximum absolute atomic E-state index is 13.3. The van der Waals surface area contributed by atoms with Crippen molar-refractivity contribution < 1.29 is 19.1 Å². The van der Waals surface area contributed by atoms with Gasteiger partial charge in [0.2, 0.25) is 18.6 Å². The van der Waals surface area contributed by atoms with Crippen LogP contribution < -0.4 is 9.47 Å². The molecule has 2 amide bonds. The molecule has 2 aliphatic rings. The van der Waals surface area contributed by atoms with Gasteiger partial charge in [-0.3, -0.25) is 9.59 Å². The molecular formula is C22H26N2O4S. The standard InChI is InChI=1S/C22H26N2O4S/c1-3-21(25)24(17-5-6-17)13-22(26)23(12-20-15(2)8-9-29-20)11-16-4-7-18-19(10-16)28-14-27-18/h4,7-10,17H,3,5-6,11-14H2,1-2H3. The Morgan fingerprint density at radius 1 is 1.10 bits per heavy atom. The second-order valence-corrected chi connectivity index (χ2v) is 8.57. The van der Waals surface area contributed by atoms with Gasteiger partial charge in [-0.1, -0.05) is 13.0 Å². The normalized spacial score (nSPS) is 14.7. The number of thiophene rings is 1.